The van der Waals surface area contributed by atoms with E-state index < -0.39 is 0 Å². The summed E-state index contributed by atoms with van der Waals surface area (Å²) in [5.74, 6) is -0.0306. The maximum atomic E-state index is 12.9. The molecule has 2 N–H and O–H groups in total. The minimum absolute atomic E-state index is 0.0932. The molecule has 0 saturated carbocycles. The van der Waals surface area contributed by atoms with Crippen molar-refractivity contribution in [1.29, 1.82) is 0 Å². The van der Waals surface area contributed by atoms with Gasteiger partial charge in [-0.05, 0) is 41.8 Å². The zero-order valence-electron chi connectivity index (χ0n) is 17.1. The molecule has 3 aromatic rings. The van der Waals surface area contributed by atoms with Crippen LogP contribution in [0.3, 0.4) is 0 Å². The number of para-hydroxylation sites is 2. The summed E-state index contributed by atoms with van der Waals surface area (Å²) in [5.41, 5.74) is 3.53. The zero-order valence-corrected chi connectivity index (χ0v) is 17.8. The third-order valence-corrected chi connectivity index (χ3v) is 5.60. The van der Waals surface area contributed by atoms with E-state index in [1.165, 1.54) is 0 Å². The lowest BCUT2D eigenvalue weighted by atomic mass is 9.98. The second kappa shape index (κ2) is 9.67. The van der Waals surface area contributed by atoms with Gasteiger partial charge in [-0.3, -0.25) is 9.59 Å². The molecule has 0 aromatic heterocycles. The first-order valence-electron chi connectivity index (χ1n) is 10.3. The molecule has 1 aliphatic heterocycles. The molecule has 1 atom stereocenters. The molecule has 1 heterocycles. The molecule has 0 unspecified atom stereocenters. The number of amides is 2. The fourth-order valence-electron chi connectivity index (χ4n) is 3.81. The van der Waals surface area contributed by atoms with E-state index in [0.29, 0.717) is 18.0 Å². The summed E-state index contributed by atoms with van der Waals surface area (Å²) in [6, 6.07) is 24.6. The van der Waals surface area contributed by atoms with Crippen molar-refractivity contribution in [2.24, 2.45) is 0 Å². The van der Waals surface area contributed by atoms with Crippen LogP contribution in [0.1, 0.15) is 30.0 Å². The normalized spacial score (nSPS) is 14.4. The quantitative estimate of drug-likeness (QED) is 0.563. The summed E-state index contributed by atoms with van der Waals surface area (Å²) in [6.45, 7) is 0.798. The van der Waals surface area contributed by atoms with E-state index in [2.05, 4.69) is 10.6 Å². The molecule has 0 radical (unpaired) electrons. The number of rotatable bonds is 7. The third kappa shape index (κ3) is 5.06. The van der Waals surface area contributed by atoms with Crippen molar-refractivity contribution in [3.05, 3.63) is 95.0 Å². The van der Waals surface area contributed by atoms with E-state index >= 15 is 0 Å². The van der Waals surface area contributed by atoms with Gasteiger partial charge in [0.1, 0.15) is 0 Å². The Morgan fingerprint density at radius 2 is 1.61 bits per heavy atom. The van der Waals surface area contributed by atoms with Gasteiger partial charge >= 0.3 is 0 Å². The largest absolute Gasteiger partial charge is 0.374 e. The predicted octanol–water partition coefficient (Wildman–Crippen LogP) is 4.78. The number of hydrogen-bond acceptors (Lipinski definition) is 3. The lowest BCUT2D eigenvalue weighted by Gasteiger charge is -2.22. The molecule has 1 fully saturated rings. The van der Waals surface area contributed by atoms with Gasteiger partial charge < -0.3 is 15.5 Å². The van der Waals surface area contributed by atoms with Crippen molar-refractivity contribution in [3.8, 4) is 0 Å². The van der Waals surface area contributed by atoms with Gasteiger partial charge in [0, 0.05) is 18.0 Å². The highest BCUT2D eigenvalue weighted by atomic mass is 35.5. The molecule has 1 saturated heterocycles. The van der Waals surface area contributed by atoms with E-state index in [-0.39, 0.29) is 24.4 Å². The Kier molecular flexibility index (Phi) is 6.53. The SMILES string of the molecule is O=C(CNc1ccccc1N1CCCC1=O)N[C@@H](c1ccccc1)c1ccc(Cl)cc1. The van der Waals surface area contributed by atoms with E-state index in [1.807, 2.05) is 78.9 Å². The van der Waals surface area contributed by atoms with Crippen molar-refractivity contribution in [3.63, 3.8) is 0 Å². The number of nitrogens with zero attached hydrogens (tertiary/aromatic N) is 1. The van der Waals surface area contributed by atoms with Gasteiger partial charge in [-0.25, -0.2) is 0 Å². The second-order valence-electron chi connectivity index (χ2n) is 7.48. The highest BCUT2D eigenvalue weighted by Gasteiger charge is 2.24. The molecular formula is C25H24ClN3O2. The van der Waals surface area contributed by atoms with Gasteiger partial charge in [0.05, 0.1) is 24.0 Å². The predicted molar refractivity (Wildman–Crippen MR) is 124 cm³/mol. The van der Waals surface area contributed by atoms with Gasteiger partial charge in [-0.1, -0.05) is 66.2 Å². The summed E-state index contributed by atoms with van der Waals surface area (Å²) < 4.78 is 0. The molecule has 0 bridgehead atoms. The van der Waals surface area contributed by atoms with Gasteiger partial charge in [0.2, 0.25) is 11.8 Å². The molecule has 0 spiro atoms. The smallest absolute Gasteiger partial charge is 0.240 e. The molecule has 6 heteroatoms. The van der Waals surface area contributed by atoms with Crippen molar-refractivity contribution in [1.82, 2.24) is 5.32 Å². The average molecular weight is 434 g/mol. The van der Waals surface area contributed by atoms with Crippen LogP contribution in [0.2, 0.25) is 5.02 Å². The lowest BCUT2D eigenvalue weighted by Crippen LogP contribution is -2.34. The molecule has 1 aliphatic rings. The van der Waals surface area contributed by atoms with E-state index in [1.54, 1.807) is 4.90 Å². The Bertz CT molecular complexity index is 1050. The van der Waals surface area contributed by atoms with Gasteiger partial charge in [0.25, 0.3) is 0 Å². The molecule has 5 nitrogen and oxygen atoms in total. The summed E-state index contributed by atoms with van der Waals surface area (Å²) >= 11 is 6.04. The molecule has 158 valence electrons. The fraction of sp³-hybridized carbons (Fsp3) is 0.200. The van der Waals surface area contributed by atoms with Crippen LogP contribution in [0.25, 0.3) is 0 Å². The fourth-order valence-corrected chi connectivity index (χ4v) is 3.93. The van der Waals surface area contributed by atoms with Crippen molar-refractivity contribution >= 4 is 34.8 Å². The minimum Gasteiger partial charge on any atom is -0.374 e. The second-order valence-corrected chi connectivity index (χ2v) is 7.92. The number of carbonyl (C=O) groups excluding carboxylic acids is 2. The molecule has 3 aromatic carbocycles. The number of anilines is 2. The third-order valence-electron chi connectivity index (χ3n) is 5.35. The summed E-state index contributed by atoms with van der Waals surface area (Å²) in [5, 5.41) is 6.96. The Hall–Kier alpha value is -3.31. The Labute approximate surface area is 187 Å². The molecule has 0 aliphatic carbocycles. The van der Waals surface area contributed by atoms with Crippen LogP contribution in [0.15, 0.2) is 78.9 Å². The first-order valence-corrected chi connectivity index (χ1v) is 10.7. The average Bonchev–Trinajstić information content (AvgIpc) is 3.23. The van der Waals surface area contributed by atoms with Gasteiger partial charge in [-0.2, -0.15) is 0 Å². The van der Waals surface area contributed by atoms with Crippen LogP contribution in [0.4, 0.5) is 11.4 Å². The zero-order chi connectivity index (χ0) is 21.6. The topological polar surface area (TPSA) is 61.4 Å². The number of carbonyl (C=O) groups is 2. The van der Waals surface area contributed by atoms with E-state index in [0.717, 1.165) is 28.9 Å². The van der Waals surface area contributed by atoms with Crippen LogP contribution < -0.4 is 15.5 Å². The molecule has 4 rings (SSSR count). The first kappa shape index (κ1) is 20.9. The highest BCUT2D eigenvalue weighted by molar-refractivity contribution is 6.30. The van der Waals surface area contributed by atoms with Gasteiger partial charge in [-0.15, -0.1) is 0 Å². The summed E-state index contributed by atoms with van der Waals surface area (Å²) in [6.07, 6.45) is 1.42. The Morgan fingerprint density at radius 3 is 2.32 bits per heavy atom. The number of nitrogens with one attached hydrogen (secondary N) is 2. The number of halogens is 1. The van der Waals surface area contributed by atoms with Crippen LogP contribution >= 0.6 is 11.6 Å². The van der Waals surface area contributed by atoms with Crippen LogP contribution in [-0.4, -0.2) is 24.9 Å². The Morgan fingerprint density at radius 1 is 0.935 bits per heavy atom. The summed E-state index contributed by atoms with van der Waals surface area (Å²) in [7, 11) is 0. The Balaban J connectivity index is 1.48. The number of benzene rings is 3. The molecular weight excluding hydrogens is 410 g/mol. The number of hydrogen-bond donors (Lipinski definition) is 2. The van der Waals surface area contributed by atoms with Crippen LogP contribution in [0.5, 0.6) is 0 Å². The monoisotopic (exact) mass is 433 g/mol. The maximum absolute atomic E-state index is 12.9. The van der Waals surface area contributed by atoms with Crippen LogP contribution in [0, 0.1) is 0 Å². The highest BCUT2D eigenvalue weighted by Crippen LogP contribution is 2.29. The molecule has 2 amide bonds. The van der Waals surface area contributed by atoms with Crippen molar-refractivity contribution in [2.45, 2.75) is 18.9 Å². The van der Waals surface area contributed by atoms with Crippen molar-refractivity contribution in [2.75, 3.05) is 23.3 Å². The molecule has 31 heavy (non-hydrogen) atoms. The minimum atomic E-state index is -0.289. The van der Waals surface area contributed by atoms with Crippen LogP contribution in [-0.2, 0) is 9.59 Å². The first-order chi connectivity index (χ1) is 15.1. The summed E-state index contributed by atoms with van der Waals surface area (Å²) in [4.78, 5) is 26.8. The lowest BCUT2D eigenvalue weighted by molar-refractivity contribution is -0.120. The maximum Gasteiger partial charge on any atom is 0.240 e. The van der Waals surface area contributed by atoms with Crippen molar-refractivity contribution < 1.29 is 9.59 Å². The van der Waals surface area contributed by atoms with Gasteiger partial charge in [0.15, 0.2) is 0 Å². The standard InChI is InChI=1S/C25H24ClN3O2/c26-20-14-12-19(13-15-20)25(18-7-2-1-3-8-18)28-23(30)17-27-21-9-4-5-10-22(21)29-16-6-11-24(29)31/h1-5,7-10,12-15,25,27H,6,11,16-17H2,(H,28,30)/t25-/m0/s1. The van der Waals surface area contributed by atoms with E-state index in [9.17, 15) is 9.59 Å². The van der Waals surface area contributed by atoms with E-state index in [4.69, 9.17) is 11.6 Å².